The fraction of sp³-hybridized carbons (Fsp3) is 0.118. The van der Waals surface area contributed by atoms with Crippen LogP contribution in [0.15, 0.2) is 59.6 Å². The summed E-state index contributed by atoms with van der Waals surface area (Å²) < 4.78 is 24.2. The number of fused-ring (bicyclic) bond motifs is 1. The first-order valence-corrected chi connectivity index (χ1v) is 9.19. The van der Waals surface area contributed by atoms with Crippen molar-refractivity contribution in [3.63, 3.8) is 0 Å². The van der Waals surface area contributed by atoms with Crippen molar-refractivity contribution < 1.29 is 13.2 Å². The molecular formula is C17H18N4O3S. The highest BCUT2D eigenvalue weighted by molar-refractivity contribution is 7.89. The molecule has 4 N–H and O–H groups in total. The van der Waals surface area contributed by atoms with Gasteiger partial charge >= 0.3 is 0 Å². The van der Waals surface area contributed by atoms with E-state index in [-0.39, 0.29) is 4.90 Å². The molecule has 0 spiro atoms. The molecule has 1 amide bonds. The van der Waals surface area contributed by atoms with Crippen LogP contribution in [0.1, 0.15) is 5.56 Å². The lowest BCUT2D eigenvalue weighted by Crippen LogP contribution is -2.12. The highest BCUT2D eigenvalue weighted by Crippen LogP contribution is 2.24. The molecule has 7 nitrogen and oxygen atoms in total. The van der Waals surface area contributed by atoms with E-state index in [0.717, 1.165) is 22.2 Å². The Bertz CT molecular complexity index is 994. The number of nitrogens with one attached hydrogen (secondary N) is 2. The van der Waals surface area contributed by atoms with Crippen LogP contribution < -0.4 is 15.9 Å². The Hall–Kier alpha value is -2.84. The van der Waals surface area contributed by atoms with E-state index in [2.05, 4.69) is 10.7 Å². The number of anilines is 1. The maximum atomic E-state index is 11.3. The third-order valence-electron chi connectivity index (χ3n) is 3.88. The van der Waals surface area contributed by atoms with Gasteiger partial charge in [0.15, 0.2) is 0 Å². The molecule has 1 heterocycles. The van der Waals surface area contributed by atoms with Gasteiger partial charge in [-0.05, 0) is 30.2 Å². The van der Waals surface area contributed by atoms with Gasteiger partial charge in [0.05, 0.1) is 22.3 Å². The van der Waals surface area contributed by atoms with Crippen LogP contribution in [0, 0.1) is 0 Å². The van der Waals surface area contributed by atoms with Crippen molar-refractivity contribution in [1.29, 1.82) is 0 Å². The molecule has 0 bridgehead atoms. The zero-order valence-electron chi connectivity index (χ0n) is 13.3. The summed E-state index contributed by atoms with van der Waals surface area (Å²) in [5.74, 6) is 0. The largest absolute Gasteiger partial charge is 0.383 e. The molecule has 25 heavy (non-hydrogen) atoms. The standard InChI is InChI=1S/C17H18N4O3S/c18-25(23,24)14-7-5-13(6-8-14)9-10-19-16-11-21(20-12-22)17-4-2-1-3-15(16)17/h1-8,11-12,19H,9-10H2,(H,20,22)(H2,18,23,24). The molecule has 3 aromatic rings. The monoisotopic (exact) mass is 358 g/mol. The predicted octanol–water partition coefficient (Wildman–Crippen LogP) is 1.64. The molecule has 3 rings (SSSR count). The fourth-order valence-corrected chi connectivity index (χ4v) is 3.19. The number of aromatic nitrogens is 1. The summed E-state index contributed by atoms with van der Waals surface area (Å²) in [6, 6.07) is 14.2. The van der Waals surface area contributed by atoms with Gasteiger partial charge in [-0.25, -0.2) is 13.6 Å². The van der Waals surface area contributed by atoms with Gasteiger partial charge in [-0.1, -0.05) is 30.3 Å². The Morgan fingerprint density at radius 3 is 2.48 bits per heavy atom. The van der Waals surface area contributed by atoms with E-state index in [9.17, 15) is 13.2 Å². The van der Waals surface area contributed by atoms with E-state index in [4.69, 9.17) is 5.14 Å². The number of amides is 1. The maximum absolute atomic E-state index is 11.3. The van der Waals surface area contributed by atoms with Gasteiger partial charge in [-0.15, -0.1) is 0 Å². The van der Waals surface area contributed by atoms with Crippen molar-refractivity contribution in [3.05, 3.63) is 60.3 Å². The van der Waals surface area contributed by atoms with Gasteiger partial charge in [0.25, 0.3) is 0 Å². The van der Waals surface area contributed by atoms with Crippen LogP contribution in [0.3, 0.4) is 0 Å². The zero-order valence-corrected chi connectivity index (χ0v) is 14.2. The molecule has 2 aromatic carbocycles. The van der Waals surface area contributed by atoms with Crippen LogP contribution in [0.4, 0.5) is 5.69 Å². The van der Waals surface area contributed by atoms with Gasteiger partial charge < -0.3 is 5.32 Å². The molecular weight excluding hydrogens is 340 g/mol. The minimum absolute atomic E-state index is 0.104. The Labute approximate surface area is 145 Å². The Kier molecular flexibility index (Phi) is 4.73. The van der Waals surface area contributed by atoms with Crippen molar-refractivity contribution in [3.8, 4) is 0 Å². The van der Waals surface area contributed by atoms with Crippen LogP contribution in [0.25, 0.3) is 10.9 Å². The number of nitrogens with two attached hydrogens (primary N) is 1. The van der Waals surface area contributed by atoms with Gasteiger partial charge in [0.1, 0.15) is 0 Å². The number of hydrogen-bond donors (Lipinski definition) is 3. The van der Waals surface area contributed by atoms with Crippen molar-refractivity contribution >= 4 is 33.0 Å². The summed E-state index contributed by atoms with van der Waals surface area (Å²) in [6.07, 6.45) is 3.16. The third-order valence-corrected chi connectivity index (χ3v) is 4.81. The van der Waals surface area contributed by atoms with Gasteiger partial charge in [-0.2, -0.15) is 0 Å². The van der Waals surface area contributed by atoms with Crippen molar-refractivity contribution in [2.75, 3.05) is 17.3 Å². The molecule has 0 radical (unpaired) electrons. The minimum atomic E-state index is -3.66. The number of rotatable bonds is 7. The predicted molar refractivity (Wildman–Crippen MR) is 97.4 cm³/mol. The fourth-order valence-electron chi connectivity index (χ4n) is 2.67. The SMILES string of the molecule is NS(=O)(=O)c1ccc(CCNc2cn(NC=O)c3ccccc23)cc1. The Morgan fingerprint density at radius 1 is 1.08 bits per heavy atom. The van der Waals surface area contributed by atoms with E-state index < -0.39 is 10.0 Å². The number of hydrogen-bond acceptors (Lipinski definition) is 4. The molecule has 0 aliphatic rings. The third kappa shape index (κ3) is 3.81. The number of carbonyl (C=O) groups is 1. The summed E-state index contributed by atoms with van der Waals surface area (Å²) >= 11 is 0. The molecule has 0 aliphatic heterocycles. The second-order valence-electron chi connectivity index (χ2n) is 5.54. The number of nitrogens with zero attached hydrogens (tertiary/aromatic N) is 1. The van der Waals surface area contributed by atoms with Crippen LogP contribution in [0.5, 0.6) is 0 Å². The maximum Gasteiger partial charge on any atom is 0.238 e. The number of carbonyl (C=O) groups excluding carboxylic acids is 1. The van der Waals surface area contributed by atoms with Crippen molar-refractivity contribution in [1.82, 2.24) is 4.68 Å². The highest BCUT2D eigenvalue weighted by Gasteiger charge is 2.08. The highest BCUT2D eigenvalue weighted by atomic mass is 32.2. The first-order valence-electron chi connectivity index (χ1n) is 7.65. The van der Waals surface area contributed by atoms with Crippen LogP contribution >= 0.6 is 0 Å². The second kappa shape index (κ2) is 6.96. The average molecular weight is 358 g/mol. The molecule has 0 atom stereocenters. The summed E-state index contributed by atoms with van der Waals surface area (Å²) in [5.41, 5.74) is 5.43. The Morgan fingerprint density at radius 2 is 1.80 bits per heavy atom. The summed E-state index contributed by atoms with van der Waals surface area (Å²) in [5, 5.41) is 9.43. The van der Waals surface area contributed by atoms with E-state index in [1.54, 1.807) is 16.8 Å². The first kappa shape index (κ1) is 17.0. The van der Waals surface area contributed by atoms with Crippen molar-refractivity contribution in [2.45, 2.75) is 11.3 Å². The lowest BCUT2D eigenvalue weighted by atomic mass is 10.1. The molecule has 130 valence electrons. The van der Waals surface area contributed by atoms with Gasteiger partial charge in [0.2, 0.25) is 16.4 Å². The smallest absolute Gasteiger partial charge is 0.238 e. The molecule has 0 saturated heterocycles. The summed E-state index contributed by atoms with van der Waals surface area (Å²) in [4.78, 5) is 10.8. The molecule has 0 unspecified atom stereocenters. The summed E-state index contributed by atoms with van der Waals surface area (Å²) in [6.45, 7) is 0.657. The minimum Gasteiger partial charge on any atom is -0.383 e. The molecule has 0 aliphatic carbocycles. The quantitative estimate of drug-likeness (QED) is 0.558. The van der Waals surface area contributed by atoms with Gasteiger partial charge in [0, 0.05) is 11.9 Å². The molecule has 0 fully saturated rings. The van der Waals surface area contributed by atoms with Crippen LogP contribution in [-0.2, 0) is 21.2 Å². The van der Waals surface area contributed by atoms with E-state index in [1.165, 1.54) is 12.1 Å². The molecule has 1 aromatic heterocycles. The number of benzene rings is 2. The normalized spacial score (nSPS) is 11.4. The Balaban J connectivity index is 1.70. The lowest BCUT2D eigenvalue weighted by molar-refractivity contribution is -0.106. The van der Waals surface area contributed by atoms with Crippen molar-refractivity contribution in [2.24, 2.45) is 5.14 Å². The number of primary sulfonamides is 1. The molecule has 8 heteroatoms. The first-order chi connectivity index (χ1) is 12.0. The van der Waals surface area contributed by atoms with E-state index in [0.29, 0.717) is 19.4 Å². The topological polar surface area (TPSA) is 106 Å². The summed E-state index contributed by atoms with van der Waals surface area (Å²) in [7, 11) is -3.66. The van der Waals surface area contributed by atoms with E-state index >= 15 is 0 Å². The number of sulfonamides is 1. The van der Waals surface area contributed by atoms with Crippen LogP contribution in [-0.4, -0.2) is 26.0 Å². The lowest BCUT2D eigenvalue weighted by Gasteiger charge is -2.06. The second-order valence-corrected chi connectivity index (χ2v) is 7.10. The number of para-hydroxylation sites is 1. The van der Waals surface area contributed by atoms with Gasteiger partial charge in [-0.3, -0.25) is 14.9 Å². The zero-order chi connectivity index (χ0) is 17.9. The van der Waals surface area contributed by atoms with Crippen LogP contribution in [0.2, 0.25) is 0 Å². The van der Waals surface area contributed by atoms with E-state index in [1.807, 2.05) is 30.5 Å². The average Bonchev–Trinajstić information content (AvgIpc) is 2.93. The molecule has 0 saturated carbocycles.